The Morgan fingerprint density at radius 2 is 1.81 bits per heavy atom. The van der Waals surface area contributed by atoms with E-state index in [0.717, 1.165) is 36.3 Å². The molecule has 0 radical (unpaired) electrons. The Morgan fingerprint density at radius 1 is 1.06 bits per heavy atom. The summed E-state index contributed by atoms with van der Waals surface area (Å²) >= 11 is 0. The van der Waals surface area contributed by atoms with Gasteiger partial charge in [0.25, 0.3) is 0 Å². The summed E-state index contributed by atoms with van der Waals surface area (Å²) in [6.45, 7) is 3.02. The molecular weight excluding hydrogens is 390 g/mol. The molecule has 7 heteroatoms. The number of aromatic amines is 1. The van der Waals surface area contributed by atoms with E-state index in [1.54, 1.807) is 11.2 Å². The maximum Gasteiger partial charge on any atom is 0.410 e. The molecule has 0 saturated carbocycles. The molecule has 2 heterocycles. The van der Waals surface area contributed by atoms with Crippen LogP contribution in [0, 0.1) is 11.3 Å². The molecule has 7 nitrogen and oxygen atoms in total. The third-order valence-electron chi connectivity index (χ3n) is 5.61. The van der Waals surface area contributed by atoms with Crippen LogP contribution in [0.25, 0.3) is 0 Å². The first-order valence-electron chi connectivity index (χ1n) is 10.4. The lowest BCUT2D eigenvalue weighted by atomic mass is 10.0. The smallest absolute Gasteiger partial charge is 0.410 e. The van der Waals surface area contributed by atoms with Crippen molar-refractivity contribution in [2.24, 2.45) is 0 Å². The van der Waals surface area contributed by atoms with Gasteiger partial charge in [0.05, 0.1) is 29.7 Å². The highest BCUT2D eigenvalue weighted by Gasteiger charge is 2.28. The van der Waals surface area contributed by atoms with Gasteiger partial charge in [0, 0.05) is 32.4 Å². The van der Waals surface area contributed by atoms with Crippen LogP contribution >= 0.6 is 0 Å². The number of carbonyl (C=O) groups is 1. The Kier molecular flexibility index (Phi) is 6.60. The van der Waals surface area contributed by atoms with Crippen LogP contribution in [0.3, 0.4) is 0 Å². The SMILES string of the molecule is N#Cc1ccc(CC(c2cnc[nH]2)N2CCN(C(=O)OCc3ccccc3)CC2)cc1. The zero-order chi connectivity index (χ0) is 21.5. The van der Waals surface area contributed by atoms with Crippen molar-refractivity contribution >= 4 is 6.09 Å². The minimum absolute atomic E-state index is 0.123. The zero-order valence-electron chi connectivity index (χ0n) is 17.3. The summed E-state index contributed by atoms with van der Waals surface area (Å²) in [5.74, 6) is 0. The van der Waals surface area contributed by atoms with Crippen molar-refractivity contribution in [3.8, 4) is 6.07 Å². The monoisotopic (exact) mass is 415 g/mol. The largest absolute Gasteiger partial charge is 0.445 e. The molecule has 2 aromatic carbocycles. The van der Waals surface area contributed by atoms with E-state index >= 15 is 0 Å². The average Bonchev–Trinajstić information content (AvgIpc) is 3.37. The van der Waals surface area contributed by atoms with Crippen molar-refractivity contribution < 1.29 is 9.53 Å². The number of nitrogens with one attached hydrogen (secondary N) is 1. The molecule has 1 aliphatic heterocycles. The van der Waals surface area contributed by atoms with Crippen LogP contribution in [0.15, 0.2) is 67.1 Å². The third kappa shape index (κ3) is 5.30. The Morgan fingerprint density at radius 3 is 2.45 bits per heavy atom. The Labute approximate surface area is 181 Å². The number of hydrogen-bond acceptors (Lipinski definition) is 5. The Hall–Kier alpha value is -3.63. The standard InChI is InChI=1S/C24H25N5O2/c25-15-20-8-6-19(7-9-20)14-23(22-16-26-18-27-22)28-10-12-29(13-11-28)24(30)31-17-21-4-2-1-3-5-21/h1-9,16,18,23H,10-14,17H2,(H,26,27). The Balaban J connectivity index is 1.36. The molecule has 1 saturated heterocycles. The van der Waals surface area contributed by atoms with Crippen LogP contribution in [-0.2, 0) is 17.8 Å². The normalized spacial score (nSPS) is 15.3. The maximum absolute atomic E-state index is 12.5. The van der Waals surface area contributed by atoms with Crippen LogP contribution in [0.4, 0.5) is 4.79 Å². The van der Waals surface area contributed by atoms with Gasteiger partial charge in [0.1, 0.15) is 6.61 Å². The van der Waals surface area contributed by atoms with Crippen molar-refractivity contribution in [1.82, 2.24) is 19.8 Å². The second-order valence-corrected chi connectivity index (χ2v) is 7.60. The van der Waals surface area contributed by atoms with Gasteiger partial charge in [-0.2, -0.15) is 5.26 Å². The van der Waals surface area contributed by atoms with Crippen molar-refractivity contribution in [3.63, 3.8) is 0 Å². The van der Waals surface area contributed by atoms with Gasteiger partial charge in [-0.1, -0.05) is 42.5 Å². The summed E-state index contributed by atoms with van der Waals surface area (Å²) in [5.41, 5.74) is 3.84. The number of piperazine rings is 1. The first kappa shape index (κ1) is 20.6. The van der Waals surface area contributed by atoms with E-state index in [4.69, 9.17) is 10.00 Å². The van der Waals surface area contributed by atoms with Crippen molar-refractivity contribution in [2.75, 3.05) is 26.2 Å². The molecule has 4 rings (SSSR count). The highest BCUT2D eigenvalue weighted by molar-refractivity contribution is 5.67. The van der Waals surface area contributed by atoms with Crippen molar-refractivity contribution in [2.45, 2.75) is 19.1 Å². The van der Waals surface area contributed by atoms with E-state index in [0.29, 0.717) is 18.7 Å². The van der Waals surface area contributed by atoms with Crippen LogP contribution in [0.5, 0.6) is 0 Å². The molecule has 1 amide bonds. The molecule has 0 spiro atoms. The second-order valence-electron chi connectivity index (χ2n) is 7.60. The van der Waals surface area contributed by atoms with E-state index in [9.17, 15) is 4.79 Å². The lowest BCUT2D eigenvalue weighted by molar-refractivity contribution is 0.0588. The van der Waals surface area contributed by atoms with E-state index in [1.165, 1.54) is 0 Å². The molecule has 3 aromatic rings. The first-order chi connectivity index (χ1) is 15.2. The molecule has 1 atom stereocenters. The van der Waals surface area contributed by atoms with Gasteiger partial charge in [-0.25, -0.2) is 9.78 Å². The van der Waals surface area contributed by atoms with E-state index in [2.05, 4.69) is 20.9 Å². The van der Waals surface area contributed by atoms with Crippen LogP contribution in [-0.4, -0.2) is 52.0 Å². The molecule has 31 heavy (non-hydrogen) atoms. The number of H-pyrrole nitrogens is 1. The van der Waals surface area contributed by atoms with Gasteiger partial charge < -0.3 is 14.6 Å². The highest BCUT2D eigenvalue weighted by atomic mass is 16.6. The fraction of sp³-hybridized carbons (Fsp3) is 0.292. The van der Waals surface area contributed by atoms with E-state index < -0.39 is 0 Å². The summed E-state index contributed by atoms with van der Waals surface area (Å²) < 4.78 is 5.48. The first-order valence-corrected chi connectivity index (χ1v) is 10.4. The summed E-state index contributed by atoms with van der Waals surface area (Å²) in [6.07, 6.45) is 4.08. The number of rotatable bonds is 6. The van der Waals surface area contributed by atoms with Gasteiger partial charge in [-0.15, -0.1) is 0 Å². The predicted octanol–water partition coefficient (Wildman–Crippen LogP) is 3.52. The van der Waals surface area contributed by atoms with E-state index in [-0.39, 0.29) is 18.7 Å². The summed E-state index contributed by atoms with van der Waals surface area (Å²) in [5, 5.41) is 9.02. The molecular formula is C24H25N5O2. The topological polar surface area (TPSA) is 85.3 Å². The molecule has 1 unspecified atom stereocenters. The number of carbonyl (C=O) groups excluding carboxylic acids is 1. The number of imidazole rings is 1. The van der Waals surface area contributed by atoms with Crippen LogP contribution in [0.2, 0.25) is 0 Å². The van der Waals surface area contributed by atoms with Gasteiger partial charge in [-0.3, -0.25) is 4.90 Å². The summed E-state index contributed by atoms with van der Waals surface area (Å²) in [4.78, 5) is 24.0. The van der Waals surface area contributed by atoms with Crippen LogP contribution in [0.1, 0.15) is 28.4 Å². The van der Waals surface area contributed by atoms with Gasteiger partial charge in [0.15, 0.2) is 0 Å². The van der Waals surface area contributed by atoms with Crippen molar-refractivity contribution in [3.05, 3.63) is 89.5 Å². The summed E-state index contributed by atoms with van der Waals surface area (Å²) in [6, 6.07) is 19.7. The van der Waals surface area contributed by atoms with E-state index in [1.807, 2.05) is 60.8 Å². The number of aromatic nitrogens is 2. The quantitative estimate of drug-likeness (QED) is 0.666. The number of ether oxygens (including phenoxy) is 1. The van der Waals surface area contributed by atoms with Gasteiger partial charge in [-0.05, 0) is 29.7 Å². The fourth-order valence-electron chi connectivity index (χ4n) is 3.85. The number of benzene rings is 2. The number of hydrogen-bond donors (Lipinski definition) is 1. The molecule has 0 aliphatic carbocycles. The molecule has 0 bridgehead atoms. The van der Waals surface area contributed by atoms with Crippen molar-refractivity contribution in [1.29, 1.82) is 5.26 Å². The minimum atomic E-state index is -0.270. The Bertz CT molecular complexity index is 1000. The lowest BCUT2D eigenvalue weighted by Gasteiger charge is -2.38. The molecule has 1 aromatic heterocycles. The predicted molar refractivity (Wildman–Crippen MR) is 116 cm³/mol. The van der Waals surface area contributed by atoms with Gasteiger partial charge >= 0.3 is 6.09 Å². The fourth-order valence-corrected chi connectivity index (χ4v) is 3.85. The molecule has 1 fully saturated rings. The summed E-state index contributed by atoms with van der Waals surface area (Å²) in [7, 11) is 0. The maximum atomic E-state index is 12.5. The number of nitriles is 1. The highest BCUT2D eigenvalue weighted by Crippen LogP contribution is 2.25. The zero-order valence-corrected chi connectivity index (χ0v) is 17.3. The molecule has 158 valence electrons. The lowest BCUT2D eigenvalue weighted by Crippen LogP contribution is -2.50. The number of nitrogens with zero attached hydrogens (tertiary/aromatic N) is 4. The molecule has 1 aliphatic rings. The molecule has 1 N–H and O–H groups in total. The minimum Gasteiger partial charge on any atom is -0.445 e. The second kappa shape index (κ2) is 9.92. The average molecular weight is 415 g/mol. The van der Waals surface area contributed by atoms with Gasteiger partial charge in [0.2, 0.25) is 0 Å². The van der Waals surface area contributed by atoms with Crippen LogP contribution < -0.4 is 0 Å². The third-order valence-corrected chi connectivity index (χ3v) is 5.61. The number of amides is 1.